The Labute approximate surface area is 120 Å². The lowest BCUT2D eigenvalue weighted by molar-refractivity contribution is -0.274. The smallest absolute Gasteiger partial charge is 0.489 e. The van der Waals surface area contributed by atoms with E-state index < -0.39 is 12.3 Å². The molecule has 0 radical (unpaired) electrons. The zero-order chi connectivity index (χ0) is 15.3. The van der Waals surface area contributed by atoms with Gasteiger partial charge in [0, 0.05) is 5.57 Å². The fraction of sp³-hybridized carbons (Fsp3) is 0.250. The third kappa shape index (κ3) is 5.52. The van der Waals surface area contributed by atoms with Crippen molar-refractivity contribution >= 4 is 21.9 Å². The summed E-state index contributed by atoms with van der Waals surface area (Å²) in [4.78, 5) is 10.5. The molecular weight excluding hydrogens is 345 g/mol. The summed E-state index contributed by atoms with van der Waals surface area (Å²) in [6.07, 6.45) is -3.43. The Balaban J connectivity index is 2.69. The van der Waals surface area contributed by atoms with E-state index in [2.05, 4.69) is 20.7 Å². The summed E-state index contributed by atoms with van der Waals surface area (Å²) in [5, 5.41) is 8.61. The lowest BCUT2D eigenvalue weighted by Gasteiger charge is -2.11. The molecule has 0 saturated heterocycles. The number of rotatable bonds is 5. The molecular formula is C12H10BrF3O4. The first-order chi connectivity index (χ1) is 9.19. The van der Waals surface area contributed by atoms with Gasteiger partial charge in [-0.15, -0.1) is 13.2 Å². The quantitative estimate of drug-likeness (QED) is 0.818. The first-order valence-electron chi connectivity index (χ1n) is 5.27. The average Bonchev–Trinajstić information content (AvgIpc) is 2.30. The van der Waals surface area contributed by atoms with Gasteiger partial charge in [-0.1, -0.05) is 0 Å². The number of hydrogen-bond donors (Lipinski definition) is 1. The van der Waals surface area contributed by atoms with E-state index in [0.29, 0.717) is 0 Å². The molecule has 0 heterocycles. The van der Waals surface area contributed by atoms with E-state index >= 15 is 0 Å². The van der Waals surface area contributed by atoms with Crippen molar-refractivity contribution < 1.29 is 32.5 Å². The molecule has 0 saturated carbocycles. The Bertz CT molecular complexity index is 526. The van der Waals surface area contributed by atoms with Gasteiger partial charge < -0.3 is 14.6 Å². The number of carbonyl (C=O) groups is 1. The molecule has 0 aliphatic heterocycles. The second-order valence-electron chi connectivity index (χ2n) is 3.64. The standard InChI is InChI=1S/C12H10BrF3O4/c1-7(11(17)18)4-5-19-8-2-3-10(9(13)6-8)20-12(14,15)16/h2-4,6H,5H2,1H3,(H,17,18)/b7-4-. The molecule has 0 aliphatic carbocycles. The van der Waals surface area contributed by atoms with Crippen LogP contribution in [0.2, 0.25) is 0 Å². The summed E-state index contributed by atoms with van der Waals surface area (Å²) >= 11 is 2.93. The molecule has 0 atom stereocenters. The highest BCUT2D eigenvalue weighted by atomic mass is 79.9. The second kappa shape index (κ2) is 6.65. The van der Waals surface area contributed by atoms with Crippen LogP contribution >= 0.6 is 15.9 Å². The maximum absolute atomic E-state index is 12.1. The van der Waals surface area contributed by atoms with E-state index in [9.17, 15) is 18.0 Å². The minimum absolute atomic E-state index is 0.00987. The zero-order valence-corrected chi connectivity index (χ0v) is 11.8. The number of carboxylic acid groups (broad SMARTS) is 1. The van der Waals surface area contributed by atoms with E-state index in [0.717, 1.165) is 6.07 Å². The van der Waals surface area contributed by atoms with Crippen LogP contribution in [0, 0.1) is 0 Å². The van der Waals surface area contributed by atoms with Crippen molar-refractivity contribution in [2.75, 3.05) is 6.61 Å². The summed E-state index contributed by atoms with van der Waals surface area (Å²) in [6.45, 7) is 1.39. The molecule has 0 fully saturated rings. The van der Waals surface area contributed by atoms with Gasteiger partial charge in [0.05, 0.1) is 4.47 Å². The predicted molar refractivity (Wildman–Crippen MR) is 67.7 cm³/mol. The summed E-state index contributed by atoms with van der Waals surface area (Å²) in [7, 11) is 0. The van der Waals surface area contributed by atoms with Crippen LogP contribution in [0.3, 0.4) is 0 Å². The Morgan fingerprint density at radius 1 is 1.45 bits per heavy atom. The van der Waals surface area contributed by atoms with Crippen molar-refractivity contribution in [1.82, 2.24) is 0 Å². The van der Waals surface area contributed by atoms with E-state index in [-0.39, 0.29) is 28.2 Å². The zero-order valence-electron chi connectivity index (χ0n) is 10.2. The number of ether oxygens (including phenoxy) is 2. The molecule has 0 amide bonds. The van der Waals surface area contributed by atoms with E-state index in [1.54, 1.807) is 0 Å². The maximum Gasteiger partial charge on any atom is 0.573 e. The van der Waals surface area contributed by atoms with Crippen LogP contribution in [0.15, 0.2) is 34.3 Å². The van der Waals surface area contributed by atoms with Crippen LogP contribution in [-0.4, -0.2) is 24.0 Å². The van der Waals surface area contributed by atoms with Crippen LogP contribution < -0.4 is 9.47 Å². The summed E-state index contributed by atoms with van der Waals surface area (Å²) in [5.74, 6) is -1.17. The van der Waals surface area contributed by atoms with Gasteiger partial charge in [0.2, 0.25) is 0 Å². The highest BCUT2D eigenvalue weighted by molar-refractivity contribution is 9.10. The minimum Gasteiger partial charge on any atom is -0.489 e. The van der Waals surface area contributed by atoms with E-state index in [1.165, 1.54) is 25.1 Å². The number of alkyl halides is 3. The van der Waals surface area contributed by atoms with Crippen LogP contribution in [0.5, 0.6) is 11.5 Å². The monoisotopic (exact) mass is 354 g/mol. The second-order valence-corrected chi connectivity index (χ2v) is 4.50. The SMILES string of the molecule is C/C(=C/COc1ccc(OC(F)(F)F)c(Br)c1)C(=O)O. The van der Waals surface area contributed by atoms with Gasteiger partial charge in [-0.3, -0.25) is 0 Å². The molecule has 20 heavy (non-hydrogen) atoms. The molecule has 4 nitrogen and oxygen atoms in total. The fourth-order valence-electron chi connectivity index (χ4n) is 1.13. The third-order valence-corrected chi connectivity index (χ3v) is 2.73. The molecule has 1 N–H and O–H groups in total. The van der Waals surface area contributed by atoms with Crippen LogP contribution in [0.4, 0.5) is 13.2 Å². The highest BCUT2D eigenvalue weighted by Crippen LogP contribution is 2.33. The topological polar surface area (TPSA) is 55.8 Å². The largest absolute Gasteiger partial charge is 0.573 e. The molecule has 1 rings (SSSR count). The van der Waals surface area contributed by atoms with Crippen molar-refractivity contribution in [2.24, 2.45) is 0 Å². The van der Waals surface area contributed by atoms with Gasteiger partial charge in [0.25, 0.3) is 0 Å². The van der Waals surface area contributed by atoms with Gasteiger partial charge in [0.1, 0.15) is 18.1 Å². The van der Waals surface area contributed by atoms with Gasteiger partial charge in [-0.2, -0.15) is 0 Å². The molecule has 0 unspecified atom stereocenters. The average molecular weight is 355 g/mol. The molecule has 0 aliphatic rings. The Hall–Kier alpha value is -1.70. The number of halogens is 4. The third-order valence-electron chi connectivity index (χ3n) is 2.11. The highest BCUT2D eigenvalue weighted by Gasteiger charge is 2.31. The van der Waals surface area contributed by atoms with Crippen molar-refractivity contribution in [1.29, 1.82) is 0 Å². The lowest BCUT2D eigenvalue weighted by Crippen LogP contribution is -2.17. The fourth-order valence-corrected chi connectivity index (χ4v) is 1.57. The van der Waals surface area contributed by atoms with E-state index in [4.69, 9.17) is 9.84 Å². The molecule has 0 aromatic heterocycles. The molecule has 110 valence electrons. The van der Waals surface area contributed by atoms with Crippen LogP contribution in [0.1, 0.15) is 6.92 Å². The summed E-state index contributed by atoms with van der Waals surface area (Å²) < 4.78 is 45.2. The number of benzene rings is 1. The molecule has 0 spiro atoms. The first-order valence-corrected chi connectivity index (χ1v) is 6.06. The van der Waals surface area contributed by atoms with Gasteiger partial charge in [-0.05, 0) is 47.1 Å². The Morgan fingerprint density at radius 3 is 2.60 bits per heavy atom. The van der Waals surface area contributed by atoms with Crippen LogP contribution in [-0.2, 0) is 4.79 Å². The Morgan fingerprint density at radius 2 is 2.10 bits per heavy atom. The number of aliphatic carboxylic acids is 1. The summed E-state index contributed by atoms with van der Waals surface area (Å²) in [6, 6.07) is 3.68. The number of hydrogen-bond acceptors (Lipinski definition) is 3. The summed E-state index contributed by atoms with van der Waals surface area (Å²) in [5.41, 5.74) is 0.112. The van der Waals surface area contributed by atoms with Crippen molar-refractivity contribution in [2.45, 2.75) is 13.3 Å². The minimum atomic E-state index is -4.77. The first kappa shape index (κ1) is 16.4. The molecule has 0 bridgehead atoms. The molecule has 1 aromatic carbocycles. The molecule has 1 aromatic rings. The lowest BCUT2D eigenvalue weighted by atomic mass is 10.3. The van der Waals surface area contributed by atoms with Gasteiger partial charge >= 0.3 is 12.3 Å². The maximum atomic E-state index is 12.1. The van der Waals surface area contributed by atoms with Gasteiger partial charge in [-0.25, -0.2) is 4.79 Å². The van der Waals surface area contributed by atoms with Crippen molar-refractivity contribution in [3.63, 3.8) is 0 Å². The van der Waals surface area contributed by atoms with Crippen molar-refractivity contribution in [3.8, 4) is 11.5 Å². The van der Waals surface area contributed by atoms with Crippen molar-refractivity contribution in [3.05, 3.63) is 34.3 Å². The van der Waals surface area contributed by atoms with Crippen LogP contribution in [0.25, 0.3) is 0 Å². The number of carboxylic acids is 1. The predicted octanol–water partition coefficient (Wildman–Crippen LogP) is 3.76. The normalized spacial score (nSPS) is 12.2. The molecule has 8 heteroatoms. The Kier molecular flexibility index (Phi) is 5.43. The van der Waals surface area contributed by atoms with Gasteiger partial charge in [0.15, 0.2) is 0 Å². The van der Waals surface area contributed by atoms with E-state index in [1.807, 2.05) is 0 Å².